The van der Waals surface area contributed by atoms with Crippen LogP contribution in [-0.2, 0) is 20.0 Å². The first kappa shape index (κ1) is 20.5. The second-order valence-corrected chi connectivity index (χ2v) is 6.56. The van der Waals surface area contributed by atoms with Crippen molar-refractivity contribution in [2.24, 2.45) is 0 Å². The van der Waals surface area contributed by atoms with Crippen molar-refractivity contribution >= 4 is 20.0 Å². The van der Waals surface area contributed by atoms with E-state index in [0.29, 0.717) is 4.79 Å². The van der Waals surface area contributed by atoms with E-state index in [9.17, 15) is 47.7 Å². The van der Waals surface area contributed by atoms with Gasteiger partial charge in [-0.1, -0.05) is 6.07 Å². The number of rotatable bonds is 2. The van der Waals surface area contributed by atoms with Gasteiger partial charge in [-0.3, -0.25) is 0 Å². The lowest BCUT2D eigenvalue weighted by atomic mass is 10.5. The van der Waals surface area contributed by atoms with Crippen LogP contribution in [0.25, 0.3) is 4.13 Å². The summed E-state index contributed by atoms with van der Waals surface area (Å²) in [7, 11) is -13.4. The molecule has 0 unspecified atom stereocenters. The van der Waals surface area contributed by atoms with E-state index in [4.69, 9.17) is 0 Å². The average molecular weight is 378 g/mol. The summed E-state index contributed by atoms with van der Waals surface area (Å²) in [6.45, 7) is 0. The molecule has 0 N–H and O–H groups in total. The standard InChI is InChI=1S/C5H5FN.C2F6NO4S2/c6-7-4-2-1-3-5-7;3-1(4,5)14(10,11)9-15(12,13)2(6,7)8/h1-5H;/q+1;-1. The van der Waals surface area contributed by atoms with E-state index in [1.54, 1.807) is 18.2 Å². The molecule has 15 heteroatoms. The average Bonchev–Trinajstić information content (AvgIpc) is 2.26. The largest absolute Gasteiger partial charge is 0.480 e. The molecule has 128 valence electrons. The molecule has 0 spiro atoms. The Bertz CT molecular complexity index is 640. The minimum absolute atomic E-state index is 0.500. The van der Waals surface area contributed by atoms with Crippen molar-refractivity contribution < 1.29 is 52.4 Å². The molecule has 1 aromatic rings. The molecule has 0 saturated carbocycles. The summed E-state index contributed by atoms with van der Waals surface area (Å²) in [6, 6.07) is 5.01. The molecule has 1 rings (SSSR count). The van der Waals surface area contributed by atoms with Gasteiger partial charge in [0.15, 0.2) is 20.0 Å². The molecule has 1 heterocycles. The molecule has 6 nitrogen and oxygen atoms in total. The van der Waals surface area contributed by atoms with Crippen LogP contribution in [0.1, 0.15) is 0 Å². The topological polar surface area (TPSA) is 86.3 Å². The Hall–Kier alpha value is -1.48. The predicted octanol–water partition coefficient (Wildman–Crippen LogP) is 1.77. The molecule has 0 fully saturated rings. The van der Waals surface area contributed by atoms with Crippen LogP contribution in [0.5, 0.6) is 0 Å². The summed E-state index contributed by atoms with van der Waals surface area (Å²) in [5.74, 6) is 0. The van der Waals surface area contributed by atoms with Crippen LogP contribution in [0.3, 0.4) is 0 Å². The van der Waals surface area contributed by atoms with Gasteiger partial charge in [0.1, 0.15) is 0 Å². The van der Waals surface area contributed by atoms with E-state index < -0.39 is 31.1 Å². The third-order valence-corrected chi connectivity index (χ3v) is 4.20. The molecule has 0 atom stereocenters. The van der Waals surface area contributed by atoms with Gasteiger partial charge in [-0.05, 0) is 0 Å². The number of halogens is 7. The Morgan fingerprint density at radius 2 is 1.05 bits per heavy atom. The van der Waals surface area contributed by atoms with Gasteiger partial charge in [0.25, 0.3) is 0 Å². The van der Waals surface area contributed by atoms with E-state index in [-0.39, 0.29) is 0 Å². The van der Waals surface area contributed by atoms with E-state index in [2.05, 4.69) is 0 Å². The van der Waals surface area contributed by atoms with Crippen molar-refractivity contribution in [1.82, 2.24) is 0 Å². The van der Waals surface area contributed by atoms with Crippen molar-refractivity contribution in [3.63, 3.8) is 0 Å². The summed E-state index contributed by atoms with van der Waals surface area (Å²) in [5.41, 5.74) is -12.4. The number of hydrogen-bond donors (Lipinski definition) is 0. The van der Waals surface area contributed by atoms with Gasteiger partial charge in [0.05, 0.1) is 4.48 Å². The normalized spacial score (nSPS) is 13.2. The van der Waals surface area contributed by atoms with Gasteiger partial charge in [-0.15, -0.1) is 0 Å². The van der Waals surface area contributed by atoms with Gasteiger partial charge >= 0.3 is 11.0 Å². The first-order valence-electron chi connectivity index (χ1n) is 4.59. The maximum Gasteiger partial charge on any atom is 0.480 e. The molecule has 0 aromatic carbocycles. The lowest BCUT2D eigenvalue weighted by Gasteiger charge is -2.22. The van der Waals surface area contributed by atoms with E-state index in [1.807, 2.05) is 0 Å². The van der Waals surface area contributed by atoms with Crippen LogP contribution < -0.4 is 4.79 Å². The quantitative estimate of drug-likeness (QED) is 0.734. The van der Waals surface area contributed by atoms with Crippen LogP contribution in [-0.4, -0.2) is 27.9 Å². The SMILES string of the molecule is F[n+]1ccccc1.O=S(=O)([N-]S(=O)(=O)C(F)(F)F)C(F)(F)F. The number of pyridine rings is 1. The van der Waals surface area contributed by atoms with E-state index in [1.165, 1.54) is 12.4 Å². The van der Waals surface area contributed by atoms with E-state index >= 15 is 0 Å². The molecule has 0 aliphatic rings. The fourth-order valence-corrected chi connectivity index (χ4v) is 2.30. The van der Waals surface area contributed by atoms with Crippen molar-refractivity contribution in [2.45, 2.75) is 11.0 Å². The van der Waals surface area contributed by atoms with E-state index in [0.717, 1.165) is 4.13 Å². The summed E-state index contributed by atoms with van der Waals surface area (Å²) < 4.78 is 121. The lowest BCUT2D eigenvalue weighted by Crippen LogP contribution is -2.30. The highest BCUT2D eigenvalue weighted by atomic mass is 32.3. The van der Waals surface area contributed by atoms with Crippen LogP contribution in [0, 0.1) is 0 Å². The summed E-state index contributed by atoms with van der Waals surface area (Å²) >= 11 is 0. The molecule has 0 bridgehead atoms. The zero-order chi connectivity index (χ0) is 17.8. The molecule has 0 aliphatic heterocycles. The third-order valence-electron chi connectivity index (χ3n) is 1.46. The first-order chi connectivity index (χ1) is 9.60. The number of alkyl halides is 6. The van der Waals surface area contributed by atoms with Crippen LogP contribution in [0.2, 0.25) is 0 Å². The molecule has 1 aromatic heterocycles. The monoisotopic (exact) mass is 378 g/mol. The number of hydrogen-bond acceptors (Lipinski definition) is 4. The maximum absolute atomic E-state index is 11.8. The Labute approximate surface area is 119 Å². The molecule has 0 saturated heterocycles. The molecule has 22 heavy (non-hydrogen) atoms. The Morgan fingerprint density at radius 1 is 0.727 bits per heavy atom. The highest BCUT2D eigenvalue weighted by molar-refractivity contribution is 8.13. The third kappa shape index (κ3) is 6.10. The van der Waals surface area contributed by atoms with Gasteiger partial charge in [-0.2, -0.15) is 26.3 Å². The summed E-state index contributed by atoms with van der Waals surface area (Å²) in [4.78, 5) is 0.500. The molecule has 0 amide bonds. The maximum atomic E-state index is 11.8. The second kappa shape index (κ2) is 6.74. The fourth-order valence-electron chi connectivity index (χ4n) is 0.591. The highest BCUT2D eigenvalue weighted by Crippen LogP contribution is 2.36. The number of aromatic nitrogens is 1. The lowest BCUT2D eigenvalue weighted by molar-refractivity contribution is -0.843. The highest BCUT2D eigenvalue weighted by Gasteiger charge is 2.46. The van der Waals surface area contributed by atoms with Crippen molar-refractivity contribution in [3.05, 3.63) is 34.7 Å². The van der Waals surface area contributed by atoms with Crippen molar-refractivity contribution in [3.8, 4) is 0 Å². The van der Waals surface area contributed by atoms with Gasteiger partial charge < -0.3 is 4.13 Å². The van der Waals surface area contributed by atoms with Crippen LogP contribution in [0.15, 0.2) is 30.6 Å². The van der Waals surface area contributed by atoms with Crippen molar-refractivity contribution in [1.29, 1.82) is 0 Å². The van der Waals surface area contributed by atoms with Crippen LogP contribution in [0.4, 0.5) is 30.8 Å². The van der Waals surface area contributed by atoms with Crippen molar-refractivity contribution in [2.75, 3.05) is 0 Å². The Balaban J connectivity index is 0.000000518. The number of nitrogens with zero attached hydrogens (tertiary/aromatic N) is 2. The first-order valence-corrected chi connectivity index (χ1v) is 7.47. The zero-order valence-electron chi connectivity index (χ0n) is 9.88. The van der Waals surface area contributed by atoms with Gasteiger partial charge in [0.2, 0.25) is 12.4 Å². The number of sulfonamides is 2. The predicted molar refractivity (Wildman–Crippen MR) is 56.5 cm³/mol. The summed E-state index contributed by atoms with van der Waals surface area (Å²) in [6.07, 6.45) is 2.67. The minimum Gasteiger partial charge on any atom is -0.421 e. The molecular weight excluding hydrogens is 373 g/mol. The second-order valence-electron chi connectivity index (χ2n) is 3.14. The summed E-state index contributed by atoms with van der Waals surface area (Å²) in [5, 5.41) is 0. The molecular formula is C7H5F7N2O4S2. The Kier molecular flexibility index (Phi) is 6.29. The van der Waals surface area contributed by atoms with Gasteiger partial charge in [0, 0.05) is 16.9 Å². The van der Waals surface area contributed by atoms with Gasteiger partial charge in [-0.25, -0.2) is 16.8 Å². The minimum atomic E-state index is -6.72. The Morgan fingerprint density at radius 3 is 1.23 bits per heavy atom. The zero-order valence-corrected chi connectivity index (χ0v) is 11.5. The molecule has 0 aliphatic carbocycles. The van der Waals surface area contributed by atoms with Crippen LogP contribution >= 0.6 is 0 Å². The smallest absolute Gasteiger partial charge is 0.421 e. The molecule has 0 radical (unpaired) electrons. The fraction of sp³-hybridized carbons (Fsp3) is 0.286.